The maximum Gasteiger partial charge on any atom is 0.255 e. The van der Waals surface area contributed by atoms with Gasteiger partial charge >= 0.3 is 0 Å². The second kappa shape index (κ2) is 6.85. The molecular formula is C16H16N2O2S. The number of thiocarbonyl (C=S) groups is 1. The van der Waals surface area contributed by atoms with Crippen molar-refractivity contribution in [2.24, 2.45) is 5.73 Å². The molecule has 4 nitrogen and oxygen atoms in total. The number of carbonyl (C=O) groups excluding carboxylic acids is 1. The number of benzene rings is 2. The number of ether oxygens (including phenoxy) is 1. The van der Waals surface area contributed by atoms with Crippen molar-refractivity contribution >= 4 is 28.8 Å². The van der Waals surface area contributed by atoms with E-state index in [0.717, 1.165) is 11.3 Å². The highest BCUT2D eigenvalue weighted by molar-refractivity contribution is 7.80. The first kappa shape index (κ1) is 15.0. The lowest BCUT2D eigenvalue weighted by Crippen LogP contribution is -2.13. The third-order valence-corrected chi connectivity index (χ3v) is 3.07. The lowest BCUT2D eigenvalue weighted by atomic mass is 10.1. The van der Waals surface area contributed by atoms with Gasteiger partial charge in [-0.15, -0.1) is 0 Å². The zero-order valence-electron chi connectivity index (χ0n) is 11.6. The number of anilines is 1. The topological polar surface area (TPSA) is 64.3 Å². The lowest BCUT2D eigenvalue weighted by Gasteiger charge is -2.07. The molecule has 0 fully saturated rings. The first-order valence-electron chi connectivity index (χ1n) is 6.41. The highest BCUT2D eigenvalue weighted by Gasteiger charge is 2.07. The molecule has 0 aliphatic rings. The first-order chi connectivity index (χ1) is 10.1. The van der Waals surface area contributed by atoms with E-state index in [1.54, 1.807) is 31.4 Å². The van der Waals surface area contributed by atoms with Crippen LogP contribution >= 0.6 is 12.2 Å². The Kier molecular flexibility index (Phi) is 4.90. The predicted octanol–water partition coefficient (Wildman–Crippen LogP) is 2.78. The van der Waals surface area contributed by atoms with Crippen LogP contribution in [0, 0.1) is 0 Å². The number of nitrogens with two attached hydrogens (primary N) is 1. The summed E-state index contributed by atoms with van der Waals surface area (Å²) in [7, 11) is 1.57. The van der Waals surface area contributed by atoms with Gasteiger partial charge in [0.2, 0.25) is 0 Å². The van der Waals surface area contributed by atoms with E-state index < -0.39 is 0 Å². The molecule has 21 heavy (non-hydrogen) atoms. The summed E-state index contributed by atoms with van der Waals surface area (Å²) in [6.45, 7) is 0. The van der Waals surface area contributed by atoms with Crippen LogP contribution in [0.15, 0.2) is 48.5 Å². The van der Waals surface area contributed by atoms with Crippen molar-refractivity contribution < 1.29 is 9.53 Å². The van der Waals surface area contributed by atoms with Crippen molar-refractivity contribution in [1.29, 1.82) is 0 Å². The monoisotopic (exact) mass is 300 g/mol. The molecule has 0 spiro atoms. The summed E-state index contributed by atoms with van der Waals surface area (Å²) in [6.07, 6.45) is 0.555. The number of amides is 1. The Balaban J connectivity index is 2.06. The summed E-state index contributed by atoms with van der Waals surface area (Å²) < 4.78 is 5.10. The van der Waals surface area contributed by atoms with Gasteiger partial charge in [-0.1, -0.05) is 30.4 Å². The van der Waals surface area contributed by atoms with Gasteiger partial charge in [0.15, 0.2) is 0 Å². The molecule has 0 heterocycles. The standard InChI is InChI=1S/C16H16N2O2S/c1-20-14-4-2-3-12(10-14)16(19)18-13-7-5-11(6-8-13)9-15(17)21/h2-8,10H,9H2,1H3,(H2,17,21)(H,18,19). The Morgan fingerprint density at radius 2 is 1.95 bits per heavy atom. The summed E-state index contributed by atoms with van der Waals surface area (Å²) in [6, 6.07) is 14.4. The molecule has 2 aromatic carbocycles. The second-order valence-corrected chi connectivity index (χ2v) is 5.05. The van der Waals surface area contributed by atoms with E-state index >= 15 is 0 Å². The van der Waals surface area contributed by atoms with Gasteiger partial charge in [-0.05, 0) is 35.9 Å². The highest BCUT2D eigenvalue weighted by Crippen LogP contribution is 2.15. The Bertz CT molecular complexity index is 654. The third kappa shape index (κ3) is 4.29. The molecule has 2 aromatic rings. The van der Waals surface area contributed by atoms with Crippen LogP contribution in [0.5, 0.6) is 5.75 Å². The fourth-order valence-electron chi connectivity index (χ4n) is 1.87. The van der Waals surface area contributed by atoms with Crippen LogP contribution < -0.4 is 15.8 Å². The van der Waals surface area contributed by atoms with E-state index in [1.807, 2.05) is 24.3 Å². The van der Waals surface area contributed by atoms with E-state index in [0.29, 0.717) is 22.7 Å². The largest absolute Gasteiger partial charge is 0.497 e. The number of nitrogens with one attached hydrogen (secondary N) is 1. The maximum absolute atomic E-state index is 12.1. The van der Waals surface area contributed by atoms with Gasteiger partial charge in [0.05, 0.1) is 12.1 Å². The van der Waals surface area contributed by atoms with E-state index in [2.05, 4.69) is 5.32 Å². The van der Waals surface area contributed by atoms with Gasteiger partial charge in [0.1, 0.15) is 5.75 Å². The summed E-state index contributed by atoms with van der Waals surface area (Å²) in [4.78, 5) is 12.6. The van der Waals surface area contributed by atoms with Crippen LogP contribution in [0.25, 0.3) is 0 Å². The molecule has 3 N–H and O–H groups in total. The van der Waals surface area contributed by atoms with Crippen LogP contribution in [0.3, 0.4) is 0 Å². The molecule has 0 unspecified atom stereocenters. The van der Waals surface area contributed by atoms with E-state index in [4.69, 9.17) is 22.7 Å². The molecule has 0 aliphatic carbocycles. The van der Waals surface area contributed by atoms with Crippen LogP contribution in [0.2, 0.25) is 0 Å². The van der Waals surface area contributed by atoms with Gasteiger partial charge in [-0.3, -0.25) is 4.79 Å². The first-order valence-corrected chi connectivity index (χ1v) is 6.82. The third-order valence-electron chi connectivity index (χ3n) is 2.92. The van der Waals surface area contributed by atoms with Crippen LogP contribution in [0.1, 0.15) is 15.9 Å². The summed E-state index contributed by atoms with van der Waals surface area (Å²) in [5.74, 6) is 0.463. The Labute approximate surface area is 128 Å². The molecule has 0 saturated carbocycles. The van der Waals surface area contributed by atoms with Crippen molar-refractivity contribution in [3.8, 4) is 5.75 Å². The normalized spacial score (nSPS) is 9.95. The number of carbonyl (C=O) groups is 1. The molecule has 1 amide bonds. The molecule has 0 aromatic heterocycles. The van der Waals surface area contributed by atoms with Crippen molar-refractivity contribution in [3.05, 3.63) is 59.7 Å². The summed E-state index contributed by atoms with van der Waals surface area (Å²) in [5, 5.41) is 2.83. The number of methoxy groups -OCH3 is 1. The Morgan fingerprint density at radius 1 is 1.24 bits per heavy atom. The smallest absolute Gasteiger partial charge is 0.255 e. The zero-order chi connectivity index (χ0) is 15.2. The van der Waals surface area contributed by atoms with Gasteiger partial charge in [0, 0.05) is 17.7 Å². The van der Waals surface area contributed by atoms with E-state index in [9.17, 15) is 4.79 Å². The number of rotatable bonds is 5. The van der Waals surface area contributed by atoms with Gasteiger partial charge in [-0.2, -0.15) is 0 Å². The van der Waals surface area contributed by atoms with Crippen molar-refractivity contribution in [2.45, 2.75) is 6.42 Å². The van der Waals surface area contributed by atoms with Crippen LogP contribution in [-0.2, 0) is 6.42 Å². The summed E-state index contributed by atoms with van der Waals surface area (Å²) in [5.41, 5.74) is 7.77. The van der Waals surface area contributed by atoms with Crippen molar-refractivity contribution in [2.75, 3.05) is 12.4 Å². The average molecular weight is 300 g/mol. The second-order valence-electron chi connectivity index (χ2n) is 4.53. The van der Waals surface area contributed by atoms with Crippen LogP contribution in [0.4, 0.5) is 5.69 Å². The Hall–Kier alpha value is -2.40. The van der Waals surface area contributed by atoms with Crippen molar-refractivity contribution in [3.63, 3.8) is 0 Å². The molecule has 0 radical (unpaired) electrons. The van der Waals surface area contributed by atoms with Gasteiger partial charge in [0.25, 0.3) is 5.91 Å². The lowest BCUT2D eigenvalue weighted by molar-refractivity contribution is 0.102. The minimum atomic E-state index is -0.184. The molecule has 0 atom stereocenters. The molecule has 5 heteroatoms. The molecule has 2 rings (SSSR count). The molecule has 0 saturated heterocycles. The molecular weight excluding hydrogens is 284 g/mol. The van der Waals surface area contributed by atoms with E-state index in [1.165, 1.54) is 0 Å². The maximum atomic E-state index is 12.1. The Morgan fingerprint density at radius 3 is 2.57 bits per heavy atom. The van der Waals surface area contributed by atoms with Gasteiger partial charge in [-0.25, -0.2) is 0 Å². The zero-order valence-corrected chi connectivity index (χ0v) is 12.4. The fraction of sp³-hybridized carbons (Fsp3) is 0.125. The molecule has 108 valence electrons. The fourth-order valence-corrected chi connectivity index (χ4v) is 2.04. The highest BCUT2D eigenvalue weighted by atomic mass is 32.1. The minimum Gasteiger partial charge on any atom is -0.497 e. The average Bonchev–Trinajstić information content (AvgIpc) is 2.49. The predicted molar refractivity (Wildman–Crippen MR) is 87.9 cm³/mol. The van der Waals surface area contributed by atoms with Crippen molar-refractivity contribution in [1.82, 2.24) is 0 Å². The molecule has 0 bridgehead atoms. The van der Waals surface area contributed by atoms with E-state index in [-0.39, 0.29) is 5.91 Å². The summed E-state index contributed by atoms with van der Waals surface area (Å²) >= 11 is 4.86. The number of hydrogen-bond acceptors (Lipinski definition) is 3. The minimum absolute atomic E-state index is 0.184. The SMILES string of the molecule is COc1cccc(C(=O)Nc2ccc(CC(N)=S)cc2)c1. The molecule has 0 aliphatic heterocycles. The quantitative estimate of drug-likeness (QED) is 0.833. The number of hydrogen-bond donors (Lipinski definition) is 2. The van der Waals surface area contributed by atoms with Crippen LogP contribution in [-0.4, -0.2) is 18.0 Å². The van der Waals surface area contributed by atoms with Gasteiger partial charge < -0.3 is 15.8 Å².